The molecule has 17 heavy (non-hydrogen) atoms. The lowest BCUT2D eigenvalue weighted by Crippen LogP contribution is -2.11. The van der Waals surface area contributed by atoms with Gasteiger partial charge in [-0.15, -0.1) is 0 Å². The second-order valence-corrected chi connectivity index (χ2v) is 3.89. The van der Waals surface area contributed by atoms with E-state index in [1.165, 1.54) is 12.1 Å². The fourth-order valence-electron chi connectivity index (χ4n) is 1.18. The number of carbonyl (C=O) groups excluding carboxylic acids is 1. The Bertz CT molecular complexity index is 447. The summed E-state index contributed by atoms with van der Waals surface area (Å²) >= 11 is 5.26. The average Bonchev–Trinajstić information content (AvgIpc) is 2.28. The highest BCUT2D eigenvalue weighted by atomic mass is 35.5. The molecule has 0 bridgehead atoms. The molecule has 1 aromatic rings. The van der Waals surface area contributed by atoms with Crippen LogP contribution in [0.1, 0.15) is 30.6 Å². The SMILES string of the molecule is CCC(C)Oc1ccc(C(=O)Cl)cc1[N+](=O)[O-]. The zero-order valence-corrected chi connectivity index (χ0v) is 10.2. The van der Waals surface area contributed by atoms with Crippen LogP contribution in [0.15, 0.2) is 18.2 Å². The Kier molecular flexibility index (Phi) is 4.45. The average molecular weight is 258 g/mol. The first-order chi connectivity index (χ1) is 7.95. The van der Waals surface area contributed by atoms with Gasteiger partial charge in [0.25, 0.3) is 5.24 Å². The van der Waals surface area contributed by atoms with Gasteiger partial charge in [0.1, 0.15) is 0 Å². The lowest BCUT2D eigenvalue weighted by Gasteiger charge is -2.12. The summed E-state index contributed by atoms with van der Waals surface area (Å²) in [6, 6.07) is 3.91. The molecule has 0 heterocycles. The number of halogens is 1. The molecule has 0 fully saturated rings. The normalized spacial score (nSPS) is 11.9. The maximum atomic E-state index is 10.9. The van der Waals surface area contributed by atoms with Crippen molar-refractivity contribution >= 4 is 22.5 Å². The van der Waals surface area contributed by atoms with E-state index >= 15 is 0 Å². The van der Waals surface area contributed by atoms with Gasteiger partial charge in [0.05, 0.1) is 11.0 Å². The van der Waals surface area contributed by atoms with Crippen molar-refractivity contribution in [2.24, 2.45) is 0 Å². The third-order valence-corrected chi connectivity index (χ3v) is 2.50. The minimum absolute atomic E-state index is 0.0786. The number of benzene rings is 1. The summed E-state index contributed by atoms with van der Waals surface area (Å²) in [6.45, 7) is 3.72. The first kappa shape index (κ1) is 13.4. The molecule has 92 valence electrons. The first-order valence-electron chi connectivity index (χ1n) is 5.10. The molecule has 0 aliphatic rings. The second-order valence-electron chi connectivity index (χ2n) is 3.55. The molecule has 0 N–H and O–H groups in total. The predicted molar refractivity (Wildman–Crippen MR) is 63.7 cm³/mol. The molecular weight excluding hydrogens is 246 g/mol. The molecule has 0 aromatic heterocycles. The van der Waals surface area contributed by atoms with Gasteiger partial charge in [-0.25, -0.2) is 0 Å². The molecule has 0 amide bonds. The van der Waals surface area contributed by atoms with Crippen LogP contribution in [-0.4, -0.2) is 16.3 Å². The van der Waals surface area contributed by atoms with Crippen molar-refractivity contribution in [3.05, 3.63) is 33.9 Å². The largest absolute Gasteiger partial charge is 0.484 e. The molecule has 0 radical (unpaired) electrons. The highest BCUT2D eigenvalue weighted by Crippen LogP contribution is 2.29. The van der Waals surface area contributed by atoms with Gasteiger partial charge in [0.15, 0.2) is 5.75 Å². The van der Waals surface area contributed by atoms with Gasteiger partial charge in [-0.05, 0) is 37.1 Å². The number of ether oxygens (including phenoxy) is 1. The summed E-state index contributed by atoms with van der Waals surface area (Å²) in [5.41, 5.74) is -0.174. The highest BCUT2D eigenvalue weighted by Gasteiger charge is 2.19. The Balaban J connectivity index is 3.13. The van der Waals surface area contributed by atoms with E-state index in [0.717, 1.165) is 12.5 Å². The van der Waals surface area contributed by atoms with E-state index in [2.05, 4.69) is 0 Å². The van der Waals surface area contributed by atoms with Crippen LogP contribution in [0.5, 0.6) is 5.75 Å². The summed E-state index contributed by atoms with van der Waals surface area (Å²) in [7, 11) is 0. The monoisotopic (exact) mass is 257 g/mol. The van der Waals surface area contributed by atoms with E-state index in [0.29, 0.717) is 0 Å². The van der Waals surface area contributed by atoms with Crippen LogP contribution in [0, 0.1) is 10.1 Å². The standard InChI is InChI=1S/C11H12ClNO4/c1-3-7(2)17-10-5-4-8(11(12)14)6-9(10)13(15)16/h4-7H,3H2,1-2H3. The lowest BCUT2D eigenvalue weighted by molar-refractivity contribution is -0.386. The van der Waals surface area contributed by atoms with E-state index < -0.39 is 10.2 Å². The van der Waals surface area contributed by atoms with Crippen molar-refractivity contribution < 1.29 is 14.5 Å². The number of hydrogen-bond donors (Lipinski definition) is 0. The molecule has 0 aliphatic heterocycles. The van der Waals surface area contributed by atoms with E-state index in [9.17, 15) is 14.9 Å². The van der Waals surface area contributed by atoms with Crippen molar-refractivity contribution in [2.75, 3.05) is 0 Å². The van der Waals surface area contributed by atoms with Crippen LogP contribution in [0.25, 0.3) is 0 Å². The minimum atomic E-state index is -0.733. The molecule has 5 nitrogen and oxygen atoms in total. The summed E-state index contributed by atoms with van der Waals surface area (Å²) in [5.74, 6) is 0.144. The zero-order chi connectivity index (χ0) is 13.0. The molecule has 0 saturated carbocycles. The van der Waals surface area contributed by atoms with Gasteiger partial charge in [0, 0.05) is 11.6 Å². The molecule has 1 atom stereocenters. The highest BCUT2D eigenvalue weighted by molar-refractivity contribution is 6.67. The fraction of sp³-hybridized carbons (Fsp3) is 0.364. The molecule has 0 aliphatic carbocycles. The summed E-state index contributed by atoms with van der Waals surface area (Å²) in [6.07, 6.45) is 0.596. The molecule has 0 spiro atoms. The number of nitrogens with zero attached hydrogens (tertiary/aromatic N) is 1. The molecule has 1 unspecified atom stereocenters. The van der Waals surface area contributed by atoms with Crippen LogP contribution in [0.3, 0.4) is 0 Å². The summed E-state index contributed by atoms with van der Waals surface area (Å²) < 4.78 is 5.39. The van der Waals surface area contributed by atoms with Crippen molar-refractivity contribution in [2.45, 2.75) is 26.4 Å². The second kappa shape index (κ2) is 5.63. The van der Waals surface area contributed by atoms with Crippen molar-refractivity contribution in [3.63, 3.8) is 0 Å². The van der Waals surface area contributed by atoms with Gasteiger partial charge in [-0.1, -0.05) is 6.92 Å². The number of nitro benzene ring substituents is 1. The third-order valence-electron chi connectivity index (χ3n) is 2.29. The van der Waals surface area contributed by atoms with Crippen LogP contribution in [0.2, 0.25) is 0 Å². The Morgan fingerprint density at radius 3 is 2.71 bits per heavy atom. The van der Waals surface area contributed by atoms with Crippen molar-refractivity contribution in [1.29, 1.82) is 0 Å². The zero-order valence-electron chi connectivity index (χ0n) is 9.47. The van der Waals surface area contributed by atoms with E-state index in [4.69, 9.17) is 16.3 Å². The van der Waals surface area contributed by atoms with Crippen molar-refractivity contribution in [1.82, 2.24) is 0 Å². The summed E-state index contributed by atoms with van der Waals surface area (Å²) in [4.78, 5) is 21.2. The lowest BCUT2D eigenvalue weighted by atomic mass is 10.2. The predicted octanol–water partition coefficient (Wildman–Crippen LogP) is 3.15. The van der Waals surface area contributed by atoms with E-state index in [-0.39, 0.29) is 23.1 Å². The van der Waals surface area contributed by atoms with E-state index in [1.807, 2.05) is 13.8 Å². The van der Waals surface area contributed by atoms with Gasteiger partial charge in [-0.3, -0.25) is 14.9 Å². The first-order valence-corrected chi connectivity index (χ1v) is 5.48. The fourth-order valence-corrected chi connectivity index (χ4v) is 1.30. The molecule has 1 rings (SSSR count). The van der Waals surface area contributed by atoms with Gasteiger partial charge < -0.3 is 4.74 Å². The van der Waals surface area contributed by atoms with Gasteiger partial charge in [0.2, 0.25) is 0 Å². The van der Waals surface area contributed by atoms with Gasteiger partial charge in [-0.2, -0.15) is 0 Å². The van der Waals surface area contributed by atoms with E-state index in [1.54, 1.807) is 0 Å². The van der Waals surface area contributed by atoms with Crippen molar-refractivity contribution in [3.8, 4) is 5.75 Å². The van der Waals surface area contributed by atoms with Crippen LogP contribution in [0.4, 0.5) is 5.69 Å². The maximum absolute atomic E-state index is 10.9. The van der Waals surface area contributed by atoms with Gasteiger partial charge >= 0.3 is 5.69 Å². The smallest absolute Gasteiger partial charge is 0.311 e. The quantitative estimate of drug-likeness (QED) is 0.462. The number of carbonyl (C=O) groups is 1. The van der Waals surface area contributed by atoms with Crippen LogP contribution in [-0.2, 0) is 0 Å². The molecular formula is C11H12ClNO4. The molecule has 1 aromatic carbocycles. The Morgan fingerprint density at radius 2 is 2.24 bits per heavy atom. The minimum Gasteiger partial charge on any atom is -0.484 e. The van der Waals surface area contributed by atoms with Crippen LogP contribution >= 0.6 is 11.6 Å². The number of rotatable bonds is 5. The Hall–Kier alpha value is -1.62. The maximum Gasteiger partial charge on any atom is 0.311 e. The summed E-state index contributed by atoms with van der Waals surface area (Å²) in [5, 5.41) is 10.1. The van der Waals surface area contributed by atoms with Crippen LogP contribution < -0.4 is 4.74 Å². The Labute approximate surface area is 103 Å². The third kappa shape index (κ3) is 3.42. The Morgan fingerprint density at radius 1 is 1.59 bits per heavy atom. The topological polar surface area (TPSA) is 69.4 Å². The molecule has 6 heteroatoms. The number of nitro groups is 1. The molecule has 0 saturated heterocycles. The number of hydrogen-bond acceptors (Lipinski definition) is 4.